The normalized spacial score (nSPS) is 10.7. The third-order valence-electron chi connectivity index (χ3n) is 2.87. The fraction of sp³-hybridized carbons (Fsp3) is 0.357. The number of thiazole rings is 1. The number of hydrogen-bond acceptors (Lipinski definition) is 6. The van der Waals surface area contributed by atoms with Gasteiger partial charge in [0.25, 0.3) is 5.91 Å². The molecule has 1 amide bonds. The molecule has 0 aromatic carbocycles. The Morgan fingerprint density at radius 1 is 1.38 bits per heavy atom. The van der Waals surface area contributed by atoms with Crippen LogP contribution in [0.5, 0.6) is 0 Å². The largest absolute Gasteiger partial charge is 0.468 e. The summed E-state index contributed by atoms with van der Waals surface area (Å²) in [7, 11) is 1.31. The zero-order chi connectivity index (χ0) is 15.4. The van der Waals surface area contributed by atoms with E-state index in [0.717, 1.165) is 9.88 Å². The van der Waals surface area contributed by atoms with Crippen LogP contribution in [0.25, 0.3) is 9.88 Å². The third-order valence-corrected chi connectivity index (χ3v) is 4.75. The summed E-state index contributed by atoms with van der Waals surface area (Å²) in [6.45, 7) is 3.64. The van der Waals surface area contributed by atoms with Crippen molar-refractivity contribution in [3.63, 3.8) is 0 Å². The van der Waals surface area contributed by atoms with Crippen molar-refractivity contribution in [2.45, 2.75) is 19.9 Å². The number of rotatable bonds is 5. The smallest absolute Gasteiger partial charge is 0.325 e. The first-order chi connectivity index (χ1) is 10.0. The maximum Gasteiger partial charge on any atom is 0.325 e. The number of aromatic nitrogens is 1. The topological polar surface area (TPSA) is 59.5 Å². The van der Waals surface area contributed by atoms with Gasteiger partial charge in [0.15, 0.2) is 0 Å². The van der Waals surface area contributed by atoms with Crippen molar-refractivity contribution >= 4 is 34.6 Å². The number of carbonyl (C=O) groups excluding carboxylic acids is 2. The molecule has 112 valence electrons. The van der Waals surface area contributed by atoms with E-state index in [9.17, 15) is 9.59 Å². The van der Waals surface area contributed by atoms with Crippen molar-refractivity contribution in [2.24, 2.45) is 0 Å². The number of hydrogen-bond donors (Lipinski definition) is 0. The van der Waals surface area contributed by atoms with Crippen LogP contribution in [-0.2, 0) is 9.53 Å². The second-order valence-corrected chi connectivity index (χ2v) is 6.42. The molecule has 0 spiro atoms. The Morgan fingerprint density at radius 3 is 2.71 bits per heavy atom. The van der Waals surface area contributed by atoms with Gasteiger partial charge in [-0.15, -0.1) is 22.7 Å². The van der Waals surface area contributed by atoms with Crippen molar-refractivity contribution in [1.29, 1.82) is 0 Å². The zero-order valence-corrected chi connectivity index (χ0v) is 13.7. The summed E-state index contributed by atoms with van der Waals surface area (Å²) in [5, 5.41) is 4.51. The summed E-state index contributed by atoms with van der Waals surface area (Å²) in [5.74, 6) is -0.694. The van der Waals surface area contributed by atoms with E-state index < -0.39 is 5.97 Å². The minimum absolute atomic E-state index is 0.0706. The summed E-state index contributed by atoms with van der Waals surface area (Å²) in [6, 6.07) is 3.80. The number of esters is 1. The summed E-state index contributed by atoms with van der Waals surface area (Å²) in [5.41, 5.74) is 0.362. The van der Waals surface area contributed by atoms with Gasteiger partial charge in [-0.2, -0.15) is 0 Å². The molecule has 0 aliphatic carbocycles. The van der Waals surface area contributed by atoms with Crippen LogP contribution in [0.2, 0.25) is 0 Å². The maximum absolute atomic E-state index is 12.5. The van der Waals surface area contributed by atoms with Crippen molar-refractivity contribution < 1.29 is 14.3 Å². The highest BCUT2D eigenvalue weighted by Crippen LogP contribution is 2.28. The van der Waals surface area contributed by atoms with Gasteiger partial charge in [-0.25, -0.2) is 4.98 Å². The minimum atomic E-state index is -0.439. The van der Waals surface area contributed by atoms with Gasteiger partial charge < -0.3 is 9.64 Å². The molecule has 2 rings (SSSR count). The van der Waals surface area contributed by atoms with Crippen LogP contribution >= 0.6 is 22.7 Å². The molecule has 0 aliphatic rings. The molecule has 0 radical (unpaired) electrons. The lowest BCUT2D eigenvalue weighted by Crippen LogP contribution is -2.41. The standard InChI is InChI=1S/C14H16N2O3S2/c1-9(2)16(7-12(17)19-3)14(18)10-8-21-13(15-10)11-5-4-6-20-11/h4-6,8-9H,7H2,1-3H3. The van der Waals surface area contributed by atoms with Crippen LogP contribution in [-0.4, -0.2) is 41.5 Å². The predicted octanol–water partition coefficient (Wildman–Crippen LogP) is 2.90. The second-order valence-electron chi connectivity index (χ2n) is 4.62. The molecule has 0 unspecified atom stereocenters. The molecule has 2 heterocycles. The number of amides is 1. The molecule has 2 aromatic heterocycles. The van der Waals surface area contributed by atoms with E-state index in [4.69, 9.17) is 0 Å². The highest BCUT2D eigenvalue weighted by atomic mass is 32.1. The summed E-state index contributed by atoms with van der Waals surface area (Å²) >= 11 is 3.00. The molecule has 21 heavy (non-hydrogen) atoms. The Labute approximate surface area is 131 Å². The van der Waals surface area contributed by atoms with E-state index in [1.165, 1.54) is 23.3 Å². The molecule has 0 bridgehead atoms. The highest BCUT2D eigenvalue weighted by Gasteiger charge is 2.24. The van der Waals surface area contributed by atoms with Gasteiger partial charge in [-0.1, -0.05) is 6.07 Å². The van der Waals surface area contributed by atoms with E-state index in [1.807, 2.05) is 31.4 Å². The molecule has 2 aromatic rings. The molecule has 0 fully saturated rings. The Morgan fingerprint density at radius 2 is 2.14 bits per heavy atom. The van der Waals surface area contributed by atoms with E-state index in [2.05, 4.69) is 9.72 Å². The van der Waals surface area contributed by atoms with Gasteiger partial charge in [0.1, 0.15) is 17.2 Å². The first-order valence-corrected chi connectivity index (χ1v) is 8.16. The van der Waals surface area contributed by atoms with Crippen LogP contribution in [0, 0.1) is 0 Å². The number of nitrogens with zero attached hydrogens (tertiary/aromatic N) is 2. The van der Waals surface area contributed by atoms with Crippen LogP contribution in [0.4, 0.5) is 0 Å². The van der Waals surface area contributed by atoms with Crippen LogP contribution in [0.1, 0.15) is 24.3 Å². The van der Waals surface area contributed by atoms with Crippen LogP contribution in [0.3, 0.4) is 0 Å². The zero-order valence-electron chi connectivity index (χ0n) is 12.0. The average Bonchev–Trinajstić information content (AvgIpc) is 3.12. The molecule has 0 saturated heterocycles. The van der Waals surface area contributed by atoms with Gasteiger partial charge >= 0.3 is 5.97 Å². The predicted molar refractivity (Wildman–Crippen MR) is 83.6 cm³/mol. The Bertz CT molecular complexity index is 620. The molecule has 0 N–H and O–H groups in total. The Balaban J connectivity index is 2.19. The van der Waals surface area contributed by atoms with E-state index >= 15 is 0 Å². The average molecular weight is 324 g/mol. The van der Waals surface area contributed by atoms with Gasteiger partial charge in [-0.05, 0) is 25.3 Å². The first-order valence-electron chi connectivity index (χ1n) is 6.40. The van der Waals surface area contributed by atoms with Gasteiger partial charge in [0.2, 0.25) is 0 Å². The fourth-order valence-corrected chi connectivity index (χ4v) is 3.33. The molecular weight excluding hydrogens is 308 g/mol. The number of carbonyl (C=O) groups is 2. The monoisotopic (exact) mass is 324 g/mol. The SMILES string of the molecule is COC(=O)CN(C(=O)c1csc(-c2cccs2)n1)C(C)C. The van der Waals surface area contributed by atoms with Crippen molar-refractivity contribution in [3.05, 3.63) is 28.6 Å². The summed E-state index contributed by atoms with van der Waals surface area (Å²) in [6.07, 6.45) is 0. The van der Waals surface area contributed by atoms with E-state index in [0.29, 0.717) is 5.69 Å². The van der Waals surface area contributed by atoms with E-state index in [-0.39, 0.29) is 18.5 Å². The molecule has 7 heteroatoms. The molecule has 0 saturated carbocycles. The molecule has 0 aliphatic heterocycles. The van der Waals surface area contributed by atoms with Gasteiger partial charge in [-0.3, -0.25) is 9.59 Å². The number of ether oxygens (including phenoxy) is 1. The molecular formula is C14H16N2O3S2. The van der Waals surface area contributed by atoms with Crippen molar-refractivity contribution in [1.82, 2.24) is 9.88 Å². The van der Waals surface area contributed by atoms with Crippen LogP contribution < -0.4 is 0 Å². The second kappa shape index (κ2) is 6.82. The Kier molecular flexibility index (Phi) is 5.08. The van der Waals surface area contributed by atoms with Crippen LogP contribution in [0.15, 0.2) is 22.9 Å². The van der Waals surface area contributed by atoms with Crippen molar-refractivity contribution in [3.8, 4) is 9.88 Å². The van der Waals surface area contributed by atoms with Gasteiger partial charge in [0.05, 0.1) is 12.0 Å². The molecule has 0 atom stereocenters. The quantitative estimate of drug-likeness (QED) is 0.794. The first kappa shape index (κ1) is 15.7. The minimum Gasteiger partial charge on any atom is -0.468 e. The van der Waals surface area contributed by atoms with Crippen molar-refractivity contribution in [2.75, 3.05) is 13.7 Å². The number of methoxy groups -OCH3 is 1. The fourth-order valence-electron chi connectivity index (χ4n) is 1.73. The lowest BCUT2D eigenvalue weighted by atomic mass is 10.3. The van der Waals surface area contributed by atoms with E-state index in [1.54, 1.807) is 16.7 Å². The summed E-state index contributed by atoms with van der Waals surface area (Å²) in [4.78, 5) is 30.8. The maximum atomic E-state index is 12.5. The number of thiophene rings is 1. The molecule has 5 nitrogen and oxygen atoms in total. The lowest BCUT2D eigenvalue weighted by Gasteiger charge is -2.24. The highest BCUT2D eigenvalue weighted by molar-refractivity contribution is 7.20. The van der Waals surface area contributed by atoms with Gasteiger partial charge in [0, 0.05) is 11.4 Å². The third kappa shape index (κ3) is 3.68. The lowest BCUT2D eigenvalue weighted by molar-refractivity contribution is -0.141. The Hall–Kier alpha value is -1.73. The summed E-state index contributed by atoms with van der Waals surface area (Å²) < 4.78 is 4.63.